The van der Waals surface area contributed by atoms with Gasteiger partial charge in [-0.05, 0) is 36.8 Å². The van der Waals surface area contributed by atoms with E-state index in [1.54, 1.807) is 6.92 Å². The molecule has 1 aliphatic rings. The second-order valence-corrected chi connectivity index (χ2v) is 4.24. The highest BCUT2D eigenvalue weighted by molar-refractivity contribution is 5.88. The monoisotopic (exact) mass is 199 g/mol. The maximum absolute atomic E-state index is 11.5. The fourth-order valence-corrected chi connectivity index (χ4v) is 2.59. The van der Waals surface area contributed by atoms with E-state index in [1.807, 2.05) is 6.20 Å². The van der Waals surface area contributed by atoms with Crippen molar-refractivity contribution in [3.63, 3.8) is 0 Å². The SMILES string of the molecule is CC(=O)C1CCc2cccc3ccn1c23. The van der Waals surface area contributed by atoms with Crippen molar-refractivity contribution in [2.24, 2.45) is 0 Å². The van der Waals surface area contributed by atoms with Crippen LogP contribution in [0.1, 0.15) is 24.9 Å². The third-order valence-corrected chi connectivity index (χ3v) is 3.32. The van der Waals surface area contributed by atoms with Crippen LogP contribution in [-0.2, 0) is 11.2 Å². The van der Waals surface area contributed by atoms with E-state index in [0.29, 0.717) is 0 Å². The normalized spacial score (nSPS) is 19.4. The predicted molar refractivity (Wildman–Crippen MR) is 60.0 cm³/mol. The smallest absolute Gasteiger partial charge is 0.152 e. The lowest BCUT2D eigenvalue weighted by atomic mass is 9.97. The Morgan fingerprint density at radius 2 is 2.27 bits per heavy atom. The number of carbonyl (C=O) groups is 1. The lowest BCUT2D eigenvalue weighted by Gasteiger charge is -2.23. The highest BCUT2D eigenvalue weighted by Crippen LogP contribution is 2.32. The minimum absolute atomic E-state index is 0.0531. The highest BCUT2D eigenvalue weighted by Gasteiger charge is 2.23. The Kier molecular flexibility index (Phi) is 1.72. The Hall–Kier alpha value is -1.57. The molecular weight excluding hydrogens is 186 g/mol. The molecule has 0 aliphatic carbocycles. The van der Waals surface area contributed by atoms with E-state index in [-0.39, 0.29) is 11.8 Å². The summed E-state index contributed by atoms with van der Waals surface area (Å²) in [6, 6.07) is 8.51. The Morgan fingerprint density at radius 3 is 3.07 bits per heavy atom. The standard InChI is InChI=1S/C13H13NO/c1-9(15)12-6-5-10-3-2-4-11-7-8-14(12)13(10)11/h2-4,7-8,12H,5-6H2,1H3. The van der Waals surface area contributed by atoms with Gasteiger partial charge < -0.3 is 4.57 Å². The molecule has 15 heavy (non-hydrogen) atoms. The zero-order chi connectivity index (χ0) is 10.4. The molecule has 0 N–H and O–H groups in total. The minimum Gasteiger partial charge on any atom is -0.337 e. The van der Waals surface area contributed by atoms with Gasteiger partial charge in [0.15, 0.2) is 5.78 Å². The highest BCUT2D eigenvalue weighted by atomic mass is 16.1. The molecule has 2 heterocycles. The molecule has 0 radical (unpaired) electrons. The quantitative estimate of drug-likeness (QED) is 0.692. The van der Waals surface area contributed by atoms with E-state index in [0.717, 1.165) is 12.8 Å². The van der Waals surface area contributed by atoms with Gasteiger partial charge in [0.05, 0.1) is 11.6 Å². The minimum atomic E-state index is 0.0531. The van der Waals surface area contributed by atoms with Gasteiger partial charge >= 0.3 is 0 Å². The van der Waals surface area contributed by atoms with Crippen LogP contribution in [-0.4, -0.2) is 10.4 Å². The second-order valence-electron chi connectivity index (χ2n) is 4.24. The predicted octanol–water partition coefficient (Wildman–Crippen LogP) is 2.72. The molecule has 1 aromatic carbocycles. The van der Waals surface area contributed by atoms with Crippen molar-refractivity contribution in [2.45, 2.75) is 25.8 Å². The number of Topliss-reactive ketones (excluding diaryl/α,β-unsaturated/α-hetero) is 1. The van der Waals surface area contributed by atoms with Crippen molar-refractivity contribution in [3.05, 3.63) is 36.0 Å². The average molecular weight is 199 g/mol. The van der Waals surface area contributed by atoms with Crippen molar-refractivity contribution in [1.29, 1.82) is 0 Å². The Balaban J connectivity index is 2.31. The van der Waals surface area contributed by atoms with Crippen LogP contribution >= 0.6 is 0 Å². The van der Waals surface area contributed by atoms with Gasteiger partial charge in [0.2, 0.25) is 0 Å². The lowest BCUT2D eigenvalue weighted by molar-refractivity contribution is -0.120. The molecule has 0 bridgehead atoms. The summed E-state index contributed by atoms with van der Waals surface area (Å²) in [5, 5.41) is 1.25. The van der Waals surface area contributed by atoms with E-state index in [9.17, 15) is 4.79 Å². The van der Waals surface area contributed by atoms with Gasteiger partial charge in [0.25, 0.3) is 0 Å². The number of ketones is 1. The molecule has 2 aromatic rings. The van der Waals surface area contributed by atoms with Crippen molar-refractivity contribution in [1.82, 2.24) is 4.57 Å². The van der Waals surface area contributed by atoms with Crippen LogP contribution in [0.15, 0.2) is 30.5 Å². The van der Waals surface area contributed by atoms with Crippen molar-refractivity contribution in [3.8, 4) is 0 Å². The van der Waals surface area contributed by atoms with Crippen molar-refractivity contribution in [2.75, 3.05) is 0 Å². The molecule has 76 valence electrons. The zero-order valence-electron chi connectivity index (χ0n) is 8.73. The number of aryl methyl sites for hydroxylation is 1. The number of hydrogen-bond acceptors (Lipinski definition) is 1. The van der Waals surface area contributed by atoms with E-state index in [1.165, 1.54) is 16.5 Å². The van der Waals surface area contributed by atoms with Gasteiger partial charge in [-0.1, -0.05) is 18.2 Å². The largest absolute Gasteiger partial charge is 0.337 e. The van der Waals surface area contributed by atoms with Gasteiger partial charge in [0, 0.05) is 6.20 Å². The average Bonchev–Trinajstić information content (AvgIpc) is 2.65. The molecule has 1 aliphatic heterocycles. The number of benzene rings is 1. The Labute approximate surface area is 88.5 Å². The molecule has 2 heteroatoms. The number of para-hydroxylation sites is 1. The zero-order valence-corrected chi connectivity index (χ0v) is 8.73. The number of rotatable bonds is 1. The number of carbonyl (C=O) groups excluding carboxylic acids is 1. The molecule has 0 spiro atoms. The Morgan fingerprint density at radius 1 is 1.40 bits per heavy atom. The van der Waals surface area contributed by atoms with Crippen molar-refractivity contribution >= 4 is 16.7 Å². The maximum atomic E-state index is 11.5. The van der Waals surface area contributed by atoms with Crippen LogP contribution in [0.5, 0.6) is 0 Å². The molecular formula is C13H13NO. The summed E-state index contributed by atoms with van der Waals surface area (Å²) in [5.41, 5.74) is 2.62. The second kappa shape index (κ2) is 2.96. The number of hydrogen-bond donors (Lipinski definition) is 0. The summed E-state index contributed by atoms with van der Waals surface area (Å²) in [4.78, 5) is 11.5. The number of aromatic nitrogens is 1. The lowest BCUT2D eigenvalue weighted by Crippen LogP contribution is -2.20. The van der Waals surface area contributed by atoms with E-state index >= 15 is 0 Å². The summed E-state index contributed by atoms with van der Waals surface area (Å²) in [7, 11) is 0. The van der Waals surface area contributed by atoms with Crippen LogP contribution in [0, 0.1) is 0 Å². The summed E-state index contributed by atoms with van der Waals surface area (Å²) in [6.45, 7) is 1.68. The molecule has 0 saturated carbocycles. The van der Waals surface area contributed by atoms with Gasteiger partial charge in [0.1, 0.15) is 0 Å². The Bertz CT molecular complexity index is 538. The van der Waals surface area contributed by atoms with Gasteiger partial charge in [-0.15, -0.1) is 0 Å². The first kappa shape index (κ1) is 8.72. The first-order valence-corrected chi connectivity index (χ1v) is 5.36. The maximum Gasteiger partial charge on any atom is 0.152 e. The van der Waals surface area contributed by atoms with Crippen LogP contribution in [0.25, 0.3) is 10.9 Å². The molecule has 1 unspecified atom stereocenters. The third-order valence-electron chi connectivity index (χ3n) is 3.32. The summed E-state index contributed by atoms with van der Waals surface area (Å²) in [5.74, 6) is 0.266. The summed E-state index contributed by atoms with van der Waals surface area (Å²) < 4.78 is 2.14. The van der Waals surface area contributed by atoms with Gasteiger partial charge in [-0.2, -0.15) is 0 Å². The van der Waals surface area contributed by atoms with Gasteiger partial charge in [-0.25, -0.2) is 0 Å². The van der Waals surface area contributed by atoms with E-state index < -0.39 is 0 Å². The molecule has 0 fully saturated rings. The van der Waals surface area contributed by atoms with E-state index in [4.69, 9.17) is 0 Å². The molecule has 3 rings (SSSR count). The van der Waals surface area contributed by atoms with Gasteiger partial charge in [-0.3, -0.25) is 4.79 Å². The van der Waals surface area contributed by atoms with Crippen LogP contribution in [0.4, 0.5) is 0 Å². The molecule has 0 amide bonds. The first-order chi connectivity index (χ1) is 7.27. The van der Waals surface area contributed by atoms with Crippen LogP contribution in [0.2, 0.25) is 0 Å². The fraction of sp³-hybridized carbons (Fsp3) is 0.308. The van der Waals surface area contributed by atoms with Crippen LogP contribution in [0.3, 0.4) is 0 Å². The molecule has 2 nitrogen and oxygen atoms in total. The number of nitrogens with zero attached hydrogens (tertiary/aromatic N) is 1. The molecule has 1 aromatic heterocycles. The summed E-state index contributed by atoms with van der Waals surface area (Å²) in [6.07, 6.45) is 4.00. The van der Waals surface area contributed by atoms with Crippen molar-refractivity contribution < 1.29 is 4.79 Å². The molecule has 0 saturated heterocycles. The summed E-state index contributed by atoms with van der Waals surface area (Å²) >= 11 is 0. The third kappa shape index (κ3) is 1.14. The van der Waals surface area contributed by atoms with E-state index in [2.05, 4.69) is 28.8 Å². The van der Waals surface area contributed by atoms with Crippen LogP contribution < -0.4 is 0 Å². The topological polar surface area (TPSA) is 22.0 Å². The first-order valence-electron chi connectivity index (χ1n) is 5.36. The molecule has 1 atom stereocenters. The fourth-order valence-electron chi connectivity index (χ4n) is 2.59.